The molecule has 206 valence electrons. The molecule has 0 bridgehead atoms. The number of amides is 3. The van der Waals surface area contributed by atoms with Gasteiger partial charge in [0, 0.05) is 19.5 Å². The number of carbonyl (C=O) groups excluding carboxylic acids is 3. The van der Waals surface area contributed by atoms with E-state index in [1.807, 2.05) is 74.5 Å². The van der Waals surface area contributed by atoms with Gasteiger partial charge in [-0.3, -0.25) is 14.6 Å². The number of carbonyl (C=O) groups is 3. The molecular formula is C28H40N6O4. The van der Waals surface area contributed by atoms with Gasteiger partial charge in [0.25, 0.3) is 0 Å². The summed E-state index contributed by atoms with van der Waals surface area (Å²) in [6.07, 6.45) is 1.38. The number of unbranched alkanes of at least 4 members (excludes halogenated alkanes) is 1. The number of aliphatic imine (C=N–C) groups is 1. The fourth-order valence-corrected chi connectivity index (χ4v) is 3.72. The molecule has 7 N–H and O–H groups in total. The van der Waals surface area contributed by atoms with Gasteiger partial charge in [-0.15, -0.1) is 0 Å². The van der Waals surface area contributed by atoms with Gasteiger partial charge in [0.05, 0.1) is 0 Å². The summed E-state index contributed by atoms with van der Waals surface area (Å²) in [5.74, 6) is -0.543. The van der Waals surface area contributed by atoms with E-state index < -0.39 is 24.1 Å². The molecule has 2 aromatic rings. The normalized spacial score (nSPS) is 12.2. The third kappa shape index (κ3) is 12.2. The summed E-state index contributed by atoms with van der Waals surface area (Å²) in [6, 6.07) is 16.9. The molecule has 2 unspecified atom stereocenters. The second-order valence-corrected chi connectivity index (χ2v) is 9.44. The fourth-order valence-electron chi connectivity index (χ4n) is 3.72. The van der Waals surface area contributed by atoms with Crippen molar-refractivity contribution in [1.29, 1.82) is 0 Å². The van der Waals surface area contributed by atoms with Gasteiger partial charge >= 0.3 is 6.09 Å². The lowest BCUT2D eigenvalue weighted by Gasteiger charge is -2.24. The highest BCUT2D eigenvalue weighted by atomic mass is 16.5. The first-order valence-corrected chi connectivity index (χ1v) is 12.9. The zero-order valence-corrected chi connectivity index (χ0v) is 22.2. The number of alkyl carbamates (subject to hydrolysis) is 1. The first-order chi connectivity index (χ1) is 18.2. The Kier molecular flexibility index (Phi) is 13.2. The van der Waals surface area contributed by atoms with Crippen molar-refractivity contribution in [3.8, 4) is 0 Å². The van der Waals surface area contributed by atoms with Gasteiger partial charge in [-0.1, -0.05) is 74.5 Å². The molecule has 3 amide bonds. The topological polar surface area (TPSA) is 161 Å². The predicted molar refractivity (Wildman–Crippen MR) is 148 cm³/mol. The number of hydrogen-bond acceptors (Lipinski definition) is 5. The number of hydrogen-bond donors (Lipinski definition) is 5. The number of nitrogens with one attached hydrogen (secondary N) is 3. The molecule has 2 atom stereocenters. The molecule has 2 rings (SSSR count). The van der Waals surface area contributed by atoms with Crippen molar-refractivity contribution >= 4 is 23.9 Å². The van der Waals surface area contributed by atoms with E-state index in [9.17, 15) is 14.4 Å². The summed E-state index contributed by atoms with van der Waals surface area (Å²) in [7, 11) is 0. The van der Waals surface area contributed by atoms with Gasteiger partial charge in [0.1, 0.15) is 18.7 Å². The number of nitrogens with zero attached hydrogens (tertiary/aromatic N) is 1. The van der Waals surface area contributed by atoms with Gasteiger partial charge in [0.15, 0.2) is 5.96 Å². The summed E-state index contributed by atoms with van der Waals surface area (Å²) >= 11 is 0. The predicted octanol–water partition coefficient (Wildman–Crippen LogP) is 2.22. The third-order valence-electron chi connectivity index (χ3n) is 5.62. The summed E-state index contributed by atoms with van der Waals surface area (Å²) in [4.78, 5) is 42.7. The average Bonchev–Trinajstić information content (AvgIpc) is 2.89. The molecule has 0 aliphatic heterocycles. The molecule has 0 saturated heterocycles. The standard InChI is InChI=1S/C28H40N6O4/c1-20(2)17-23(25(35)31-15-9-10-16-32-27(29)30)33-26(36)24(18-21-11-5-3-6-12-21)34-28(37)38-19-22-13-7-4-8-14-22/h3-8,11-14,20,23-24H,9-10,15-19H2,1-2H3,(H,31,35)(H,33,36)(H,34,37)(H4,29,30,32). The molecule has 0 spiro atoms. The van der Waals surface area contributed by atoms with Crippen LogP contribution in [0, 0.1) is 5.92 Å². The van der Waals surface area contributed by atoms with E-state index in [2.05, 4.69) is 20.9 Å². The zero-order chi connectivity index (χ0) is 27.8. The van der Waals surface area contributed by atoms with Crippen LogP contribution in [0.2, 0.25) is 0 Å². The number of benzene rings is 2. The fraction of sp³-hybridized carbons (Fsp3) is 0.429. The summed E-state index contributed by atoms with van der Waals surface area (Å²) in [5, 5.41) is 8.38. The second-order valence-electron chi connectivity index (χ2n) is 9.44. The van der Waals surface area contributed by atoms with Crippen LogP contribution in [0.15, 0.2) is 65.7 Å². The van der Waals surface area contributed by atoms with E-state index >= 15 is 0 Å². The van der Waals surface area contributed by atoms with Crippen LogP contribution in [0.25, 0.3) is 0 Å². The van der Waals surface area contributed by atoms with E-state index in [1.165, 1.54) is 0 Å². The molecule has 0 heterocycles. The lowest BCUT2D eigenvalue weighted by Crippen LogP contribution is -2.54. The Balaban J connectivity index is 2.01. The van der Waals surface area contributed by atoms with Crippen molar-refractivity contribution in [2.24, 2.45) is 22.4 Å². The highest BCUT2D eigenvalue weighted by Gasteiger charge is 2.28. The SMILES string of the molecule is CC(C)CC(NC(=O)C(Cc1ccccc1)NC(=O)OCc1ccccc1)C(=O)NCCCCN=C(N)N. The minimum atomic E-state index is -0.928. The number of nitrogens with two attached hydrogens (primary N) is 2. The molecule has 0 saturated carbocycles. The number of ether oxygens (including phenoxy) is 1. The second kappa shape index (κ2) is 16.6. The van der Waals surface area contributed by atoms with Crippen molar-refractivity contribution < 1.29 is 19.1 Å². The number of guanidine groups is 1. The molecule has 0 aliphatic carbocycles. The van der Waals surface area contributed by atoms with Crippen LogP contribution >= 0.6 is 0 Å². The van der Waals surface area contributed by atoms with E-state index in [1.54, 1.807) is 0 Å². The Morgan fingerprint density at radius 1 is 0.842 bits per heavy atom. The first kappa shape index (κ1) is 30.1. The van der Waals surface area contributed by atoms with Crippen LogP contribution in [0.5, 0.6) is 0 Å². The Bertz CT molecular complexity index is 1030. The van der Waals surface area contributed by atoms with Crippen molar-refractivity contribution in [3.63, 3.8) is 0 Å². The van der Waals surface area contributed by atoms with Crippen molar-refractivity contribution in [2.75, 3.05) is 13.1 Å². The smallest absolute Gasteiger partial charge is 0.408 e. The largest absolute Gasteiger partial charge is 0.445 e. The maximum Gasteiger partial charge on any atom is 0.408 e. The van der Waals surface area contributed by atoms with Crippen LogP contribution in [-0.2, 0) is 27.4 Å². The molecule has 0 aliphatic rings. The van der Waals surface area contributed by atoms with Crippen LogP contribution < -0.4 is 27.4 Å². The monoisotopic (exact) mass is 524 g/mol. The first-order valence-electron chi connectivity index (χ1n) is 12.9. The molecule has 38 heavy (non-hydrogen) atoms. The molecule has 2 aromatic carbocycles. The van der Waals surface area contributed by atoms with E-state index in [0.717, 1.165) is 11.1 Å². The maximum atomic E-state index is 13.3. The van der Waals surface area contributed by atoms with E-state index in [4.69, 9.17) is 16.2 Å². The van der Waals surface area contributed by atoms with Gasteiger partial charge in [-0.2, -0.15) is 0 Å². The third-order valence-corrected chi connectivity index (χ3v) is 5.62. The van der Waals surface area contributed by atoms with Crippen LogP contribution in [0.4, 0.5) is 4.79 Å². The van der Waals surface area contributed by atoms with Crippen molar-refractivity contribution in [2.45, 2.75) is 58.2 Å². The molecule has 10 nitrogen and oxygen atoms in total. The van der Waals surface area contributed by atoms with Crippen molar-refractivity contribution in [3.05, 3.63) is 71.8 Å². The molecule has 0 aromatic heterocycles. The quantitative estimate of drug-likeness (QED) is 0.136. The summed E-state index contributed by atoms with van der Waals surface area (Å²) in [5.41, 5.74) is 12.3. The minimum absolute atomic E-state index is 0.0383. The van der Waals surface area contributed by atoms with Crippen LogP contribution in [-0.4, -0.2) is 49.0 Å². The number of rotatable bonds is 15. The maximum absolute atomic E-state index is 13.3. The molecular weight excluding hydrogens is 484 g/mol. The van der Waals surface area contributed by atoms with E-state index in [-0.39, 0.29) is 30.8 Å². The lowest BCUT2D eigenvalue weighted by molar-refractivity contribution is -0.130. The zero-order valence-electron chi connectivity index (χ0n) is 22.2. The van der Waals surface area contributed by atoms with Gasteiger partial charge in [-0.25, -0.2) is 4.79 Å². The Morgan fingerprint density at radius 2 is 1.47 bits per heavy atom. The lowest BCUT2D eigenvalue weighted by atomic mass is 10.0. The molecule has 0 radical (unpaired) electrons. The van der Waals surface area contributed by atoms with Crippen molar-refractivity contribution in [1.82, 2.24) is 16.0 Å². The summed E-state index contributed by atoms with van der Waals surface area (Å²) < 4.78 is 5.33. The Hall–Kier alpha value is -4.08. The van der Waals surface area contributed by atoms with E-state index in [0.29, 0.717) is 32.4 Å². The minimum Gasteiger partial charge on any atom is -0.445 e. The Labute approximate surface area is 224 Å². The van der Waals surface area contributed by atoms with Crippen LogP contribution in [0.3, 0.4) is 0 Å². The van der Waals surface area contributed by atoms with Crippen LogP contribution in [0.1, 0.15) is 44.2 Å². The Morgan fingerprint density at radius 3 is 2.08 bits per heavy atom. The molecule has 0 fully saturated rings. The average molecular weight is 525 g/mol. The van der Waals surface area contributed by atoms with Gasteiger partial charge in [-0.05, 0) is 36.3 Å². The summed E-state index contributed by atoms with van der Waals surface area (Å²) in [6.45, 7) is 4.94. The highest BCUT2D eigenvalue weighted by Crippen LogP contribution is 2.09. The highest BCUT2D eigenvalue weighted by molar-refractivity contribution is 5.91. The van der Waals surface area contributed by atoms with Gasteiger partial charge < -0.3 is 32.2 Å². The van der Waals surface area contributed by atoms with Gasteiger partial charge in [0.2, 0.25) is 11.8 Å². The molecule has 10 heteroatoms.